The normalized spacial score (nSPS) is 17.4. The summed E-state index contributed by atoms with van der Waals surface area (Å²) in [4.78, 5) is 22.8. The number of carbonyl (C=O) groups is 1. The minimum atomic E-state index is -0.336. The number of aromatic nitrogens is 4. The van der Waals surface area contributed by atoms with Gasteiger partial charge in [-0.2, -0.15) is 0 Å². The predicted molar refractivity (Wildman–Crippen MR) is 88.0 cm³/mol. The van der Waals surface area contributed by atoms with E-state index in [-0.39, 0.29) is 12.0 Å². The molecule has 1 unspecified atom stereocenters. The van der Waals surface area contributed by atoms with Crippen LogP contribution in [-0.2, 0) is 0 Å². The first-order chi connectivity index (χ1) is 11.7. The first-order valence-electron chi connectivity index (χ1n) is 7.71. The van der Waals surface area contributed by atoms with E-state index in [1.165, 1.54) is 10.7 Å². The van der Waals surface area contributed by atoms with Gasteiger partial charge in [0.25, 0.3) is 5.91 Å². The van der Waals surface area contributed by atoms with E-state index < -0.39 is 0 Å². The number of fused-ring (bicyclic) bond motifs is 1. The Morgan fingerprint density at radius 3 is 2.92 bits per heavy atom. The summed E-state index contributed by atoms with van der Waals surface area (Å²) in [6, 6.07) is 8.95. The summed E-state index contributed by atoms with van der Waals surface area (Å²) < 4.78 is 1.51. The minimum absolute atomic E-state index is 0.327. The highest BCUT2D eigenvalue weighted by atomic mass is 16.3. The maximum atomic E-state index is 12.5. The fraction of sp³-hybridized carbons (Fsp3) is 0.250. The molecule has 0 radical (unpaired) electrons. The van der Waals surface area contributed by atoms with Crippen molar-refractivity contribution in [3.8, 4) is 0 Å². The number of rotatable bonds is 3. The third-order valence-corrected chi connectivity index (χ3v) is 3.97. The van der Waals surface area contributed by atoms with Gasteiger partial charge in [-0.05, 0) is 30.7 Å². The number of nitrogens with one attached hydrogen (secondary N) is 1. The molecule has 0 saturated carbocycles. The molecule has 4 rings (SSSR count). The van der Waals surface area contributed by atoms with E-state index >= 15 is 0 Å². The van der Waals surface area contributed by atoms with Gasteiger partial charge in [-0.3, -0.25) is 4.79 Å². The quantitative estimate of drug-likeness (QED) is 0.745. The Morgan fingerprint density at radius 1 is 1.25 bits per heavy atom. The molecule has 122 valence electrons. The lowest BCUT2D eigenvalue weighted by atomic mass is 10.3. The Labute approximate surface area is 137 Å². The molecular weight excluding hydrogens is 308 g/mol. The van der Waals surface area contributed by atoms with E-state index in [0.717, 1.165) is 13.0 Å². The van der Waals surface area contributed by atoms with E-state index in [4.69, 9.17) is 0 Å². The van der Waals surface area contributed by atoms with E-state index in [1.807, 2.05) is 17.0 Å². The van der Waals surface area contributed by atoms with Crippen molar-refractivity contribution in [2.24, 2.45) is 0 Å². The largest absolute Gasteiger partial charge is 0.391 e. The number of imidazole rings is 1. The number of hydrogen-bond donors (Lipinski definition) is 2. The topological polar surface area (TPSA) is 95.7 Å². The molecule has 4 heterocycles. The maximum Gasteiger partial charge on any atom is 0.277 e. The van der Waals surface area contributed by atoms with Crippen molar-refractivity contribution < 1.29 is 9.90 Å². The number of anilines is 2. The summed E-state index contributed by atoms with van der Waals surface area (Å²) >= 11 is 0. The molecule has 3 aromatic rings. The number of nitrogens with zero attached hydrogens (tertiary/aromatic N) is 5. The van der Waals surface area contributed by atoms with E-state index in [2.05, 4.69) is 20.4 Å². The first kappa shape index (κ1) is 14.6. The summed E-state index contributed by atoms with van der Waals surface area (Å²) in [5.74, 6) is 0.854. The second-order valence-corrected chi connectivity index (χ2v) is 5.66. The highest BCUT2D eigenvalue weighted by molar-refractivity contribution is 6.02. The number of amides is 1. The molecule has 1 aliphatic rings. The standard InChI is InChI=1S/C16H16N6O2/c23-11-6-8-21(10-11)15-5-4-14-18-9-12(22(14)20-15)16(24)19-13-3-1-2-7-17-13/h1-5,7,9,11,23H,6,8,10H2,(H,17,19,24). The van der Waals surface area contributed by atoms with Crippen LogP contribution in [0.25, 0.3) is 5.65 Å². The van der Waals surface area contributed by atoms with Crippen LogP contribution >= 0.6 is 0 Å². The number of aliphatic hydroxyl groups excluding tert-OH is 1. The average molecular weight is 324 g/mol. The van der Waals surface area contributed by atoms with Gasteiger partial charge in [0.05, 0.1) is 12.3 Å². The van der Waals surface area contributed by atoms with E-state index in [9.17, 15) is 9.90 Å². The third-order valence-electron chi connectivity index (χ3n) is 3.97. The summed E-state index contributed by atoms with van der Waals surface area (Å²) in [5.41, 5.74) is 0.918. The second-order valence-electron chi connectivity index (χ2n) is 5.66. The first-order valence-corrected chi connectivity index (χ1v) is 7.71. The lowest BCUT2D eigenvalue weighted by molar-refractivity contribution is 0.102. The van der Waals surface area contributed by atoms with Crippen LogP contribution in [0.15, 0.2) is 42.7 Å². The number of pyridine rings is 1. The van der Waals surface area contributed by atoms with Crippen LogP contribution in [-0.4, -0.2) is 49.8 Å². The highest BCUT2D eigenvalue weighted by Gasteiger charge is 2.22. The number of β-amino-alcohol motifs (C(OH)–C–C–N with tert-alkyl or cyclic N) is 1. The van der Waals surface area contributed by atoms with Crippen LogP contribution in [0.1, 0.15) is 16.9 Å². The van der Waals surface area contributed by atoms with Gasteiger partial charge in [-0.25, -0.2) is 14.5 Å². The Kier molecular flexibility index (Phi) is 3.58. The summed E-state index contributed by atoms with van der Waals surface area (Å²) in [6.07, 6.45) is 3.48. The molecule has 24 heavy (non-hydrogen) atoms. The minimum Gasteiger partial charge on any atom is -0.391 e. The molecule has 1 atom stereocenters. The molecule has 0 spiro atoms. The lowest BCUT2D eigenvalue weighted by Gasteiger charge is -2.16. The summed E-state index contributed by atoms with van der Waals surface area (Å²) in [7, 11) is 0. The van der Waals surface area contributed by atoms with Gasteiger partial charge in [0, 0.05) is 19.3 Å². The second kappa shape index (κ2) is 5.89. The van der Waals surface area contributed by atoms with Crippen LogP contribution in [0.5, 0.6) is 0 Å². The molecule has 0 aromatic carbocycles. The smallest absolute Gasteiger partial charge is 0.277 e. The SMILES string of the molecule is O=C(Nc1ccccn1)c1cnc2ccc(N3CCC(O)C3)nn12. The van der Waals surface area contributed by atoms with Gasteiger partial charge < -0.3 is 15.3 Å². The van der Waals surface area contributed by atoms with Crippen LogP contribution in [0.3, 0.4) is 0 Å². The fourth-order valence-corrected chi connectivity index (χ4v) is 2.75. The molecule has 1 saturated heterocycles. The van der Waals surface area contributed by atoms with Gasteiger partial charge in [0.15, 0.2) is 11.3 Å². The summed E-state index contributed by atoms with van der Waals surface area (Å²) in [5, 5.41) is 16.9. The van der Waals surface area contributed by atoms with Gasteiger partial charge in [0.1, 0.15) is 11.6 Å². The molecular formula is C16H16N6O2. The molecule has 0 bridgehead atoms. The van der Waals surface area contributed by atoms with Crippen LogP contribution in [0, 0.1) is 0 Å². The van der Waals surface area contributed by atoms with Gasteiger partial charge in [-0.15, -0.1) is 5.10 Å². The lowest BCUT2D eigenvalue weighted by Crippen LogP contribution is -2.23. The monoisotopic (exact) mass is 324 g/mol. The number of hydrogen-bond acceptors (Lipinski definition) is 6. The number of carbonyl (C=O) groups excluding carboxylic acids is 1. The van der Waals surface area contributed by atoms with Gasteiger partial charge in [-0.1, -0.05) is 6.07 Å². The summed E-state index contributed by atoms with van der Waals surface area (Å²) in [6.45, 7) is 1.28. The Morgan fingerprint density at radius 2 is 2.17 bits per heavy atom. The van der Waals surface area contributed by atoms with Crippen molar-refractivity contribution in [3.05, 3.63) is 48.4 Å². The molecule has 1 amide bonds. The van der Waals surface area contributed by atoms with Crippen LogP contribution in [0.2, 0.25) is 0 Å². The molecule has 8 heteroatoms. The van der Waals surface area contributed by atoms with Crippen molar-refractivity contribution in [2.45, 2.75) is 12.5 Å². The zero-order chi connectivity index (χ0) is 16.5. The molecule has 0 aliphatic carbocycles. The molecule has 1 fully saturated rings. The van der Waals surface area contributed by atoms with Crippen LogP contribution in [0.4, 0.5) is 11.6 Å². The van der Waals surface area contributed by atoms with Crippen molar-refractivity contribution in [1.29, 1.82) is 0 Å². The molecule has 2 N–H and O–H groups in total. The Bertz CT molecular complexity index is 879. The Balaban J connectivity index is 1.64. The Hall–Kier alpha value is -3.00. The fourth-order valence-electron chi connectivity index (χ4n) is 2.75. The van der Waals surface area contributed by atoms with E-state index in [1.54, 1.807) is 24.4 Å². The number of aliphatic hydroxyl groups is 1. The molecule has 1 aliphatic heterocycles. The maximum absolute atomic E-state index is 12.5. The van der Waals surface area contributed by atoms with Crippen LogP contribution < -0.4 is 10.2 Å². The highest BCUT2D eigenvalue weighted by Crippen LogP contribution is 2.19. The zero-order valence-electron chi connectivity index (χ0n) is 12.8. The van der Waals surface area contributed by atoms with Gasteiger partial charge in [0.2, 0.25) is 0 Å². The predicted octanol–water partition coefficient (Wildman–Crippen LogP) is 0.948. The van der Waals surface area contributed by atoms with Crippen molar-refractivity contribution in [1.82, 2.24) is 19.6 Å². The van der Waals surface area contributed by atoms with Crippen molar-refractivity contribution in [2.75, 3.05) is 23.3 Å². The van der Waals surface area contributed by atoms with Gasteiger partial charge >= 0.3 is 0 Å². The van der Waals surface area contributed by atoms with Crippen molar-refractivity contribution in [3.63, 3.8) is 0 Å². The average Bonchev–Trinajstić information content (AvgIpc) is 3.21. The van der Waals surface area contributed by atoms with E-state index in [0.29, 0.717) is 29.5 Å². The zero-order valence-corrected chi connectivity index (χ0v) is 12.8. The molecule has 3 aromatic heterocycles. The van der Waals surface area contributed by atoms with Crippen molar-refractivity contribution >= 4 is 23.2 Å². The molecule has 8 nitrogen and oxygen atoms in total. The third kappa shape index (κ3) is 2.67.